The molecular weight excluding hydrogens is 328 g/mol. The molecule has 0 amide bonds. The lowest BCUT2D eigenvalue weighted by Gasteiger charge is -2.11. The van der Waals surface area contributed by atoms with E-state index in [1.54, 1.807) is 0 Å². The molecule has 1 aromatic carbocycles. The number of guanidine groups is 1. The van der Waals surface area contributed by atoms with Gasteiger partial charge in [-0.3, -0.25) is 9.98 Å². The highest BCUT2D eigenvalue weighted by Crippen LogP contribution is 2.12. The van der Waals surface area contributed by atoms with Gasteiger partial charge in [0, 0.05) is 42.9 Å². The SMILES string of the molecule is CCNC(=NCCSCc1ccc(C)cc1)NCCc1ccccn1. The summed E-state index contributed by atoms with van der Waals surface area (Å²) in [5.74, 6) is 2.94. The van der Waals surface area contributed by atoms with Crippen molar-refractivity contribution in [3.05, 3.63) is 65.5 Å². The minimum atomic E-state index is 0.815. The Balaban J connectivity index is 1.66. The summed E-state index contributed by atoms with van der Waals surface area (Å²) in [4.78, 5) is 8.98. The highest BCUT2D eigenvalue weighted by atomic mass is 32.2. The van der Waals surface area contributed by atoms with Crippen molar-refractivity contribution < 1.29 is 0 Å². The van der Waals surface area contributed by atoms with Gasteiger partial charge in [0.15, 0.2) is 5.96 Å². The van der Waals surface area contributed by atoms with Crippen molar-refractivity contribution in [3.63, 3.8) is 0 Å². The number of pyridine rings is 1. The monoisotopic (exact) mass is 356 g/mol. The second kappa shape index (κ2) is 11.5. The van der Waals surface area contributed by atoms with Gasteiger partial charge >= 0.3 is 0 Å². The predicted octanol–water partition coefficient (Wildman–Crippen LogP) is 3.42. The van der Waals surface area contributed by atoms with E-state index in [1.165, 1.54) is 11.1 Å². The van der Waals surface area contributed by atoms with Crippen molar-refractivity contribution in [1.29, 1.82) is 0 Å². The number of nitrogens with one attached hydrogen (secondary N) is 2. The van der Waals surface area contributed by atoms with Crippen molar-refractivity contribution in [2.24, 2.45) is 4.99 Å². The molecular formula is C20H28N4S. The molecule has 1 heterocycles. The Bertz CT molecular complexity index is 626. The number of aliphatic imine (C=N–C) groups is 1. The van der Waals surface area contributed by atoms with E-state index in [0.717, 1.165) is 49.2 Å². The standard InChI is InChI=1S/C20H28N4S/c1-3-21-20(23-13-11-19-6-4-5-12-22-19)24-14-15-25-16-18-9-7-17(2)8-10-18/h4-10,12H,3,11,13-16H2,1-2H3,(H2,21,23,24). The van der Waals surface area contributed by atoms with Crippen molar-refractivity contribution in [1.82, 2.24) is 15.6 Å². The Morgan fingerprint density at radius 1 is 1.12 bits per heavy atom. The quantitative estimate of drug-likeness (QED) is 0.411. The van der Waals surface area contributed by atoms with E-state index < -0.39 is 0 Å². The molecule has 2 N–H and O–H groups in total. The fourth-order valence-electron chi connectivity index (χ4n) is 2.29. The van der Waals surface area contributed by atoms with Gasteiger partial charge in [-0.2, -0.15) is 11.8 Å². The van der Waals surface area contributed by atoms with E-state index in [9.17, 15) is 0 Å². The Labute approximate surface area is 155 Å². The highest BCUT2D eigenvalue weighted by molar-refractivity contribution is 7.98. The van der Waals surface area contributed by atoms with Crippen molar-refractivity contribution in [2.45, 2.75) is 26.0 Å². The van der Waals surface area contributed by atoms with Crippen molar-refractivity contribution in [2.75, 3.05) is 25.4 Å². The molecule has 0 aliphatic heterocycles. The van der Waals surface area contributed by atoms with Gasteiger partial charge in [-0.1, -0.05) is 35.9 Å². The molecule has 0 spiro atoms. The largest absolute Gasteiger partial charge is 0.357 e. The molecule has 1 aromatic heterocycles. The van der Waals surface area contributed by atoms with Crippen LogP contribution in [-0.4, -0.2) is 36.3 Å². The van der Waals surface area contributed by atoms with Crippen LogP contribution in [0, 0.1) is 6.92 Å². The van der Waals surface area contributed by atoms with Crippen LogP contribution in [0.4, 0.5) is 0 Å². The summed E-state index contributed by atoms with van der Waals surface area (Å²) < 4.78 is 0. The third kappa shape index (κ3) is 8.07. The molecule has 0 bridgehead atoms. The molecule has 0 unspecified atom stereocenters. The summed E-state index contributed by atoms with van der Waals surface area (Å²) >= 11 is 1.92. The number of benzene rings is 1. The molecule has 0 atom stereocenters. The van der Waals surface area contributed by atoms with Gasteiger partial charge in [0.1, 0.15) is 0 Å². The first kappa shape index (κ1) is 19.3. The van der Waals surface area contributed by atoms with Crippen molar-refractivity contribution >= 4 is 17.7 Å². The normalized spacial score (nSPS) is 11.4. The molecule has 0 saturated carbocycles. The molecule has 5 heteroatoms. The lowest BCUT2D eigenvalue weighted by Crippen LogP contribution is -2.38. The molecule has 2 aromatic rings. The van der Waals surface area contributed by atoms with Crippen LogP contribution in [0.5, 0.6) is 0 Å². The van der Waals surface area contributed by atoms with Gasteiger partial charge < -0.3 is 10.6 Å². The van der Waals surface area contributed by atoms with Crippen LogP contribution in [0.1, 0.15) is 23.7 Å². The fraction of sp³-hybridized carbons (Fsp3) is 0.400. The smallest absolute Gasteiger partial charge is 0.191 e. The van der Waals surface area contributed by atoms with Crippen LogP contribution in [0.2, 0.25) is 0 Å². The molecule has 4 nitrogen and oxygen atoms in total. The number of aryl methyl sites for hydroxylation is 1. The Hall–Kier alpha value is -2.01. The van der Waals surface area contributed by atoms with E-state index in [4.69, 9.17) is 0 Å². The maximum Gasteiger partial charge on any atom is 0.191 e. The molecule has 0 aliphatic rings. The van der Waals surface area contributed by atoms with Crippen LogP contribution in [0.3, 0.4) is 0 Å². The van der Waals surface area contributed by atoms with Gasteiger partial charge in [-0.05, 0) is 31.5 Å². The van der Waals surface area contributed by atoms with Gasteiger partial charge in [0.25, 0.3) is 0 Å². The van der Waals surface area contributed by atoms with Crippen LogP contribution < -0.4 is 10.6 Å². The first-order chi connectivity index (χ1) is 12.3. The van der Waals surface area contributed by atoms with E-state index in [1.807, 2.05) is 36.2 Å². The molecule has 0 aliphatic carbocycles. The Kier molecular flexibility index (Phi) is 8.91. The number of thioether (sulfide) groups is 1. The fourth-order valence-corrected chi connectivity index (χ4v) is 3.09. The Morgan fingerprint density at radius 2 is 1.96 bits per heavy atom. The molecule has 0 fully saturated rings. The van der Waals surface area contributed by atoms with Crippen LogP contribution in [0.25, 0.3) is 0 Å². The van der Waals surface area contributed by atoms with Gasteiger partial charge in [-0.15, -0.1) is 0 Å². The summed E-state index contributed by atoms with van der Waals surface area (Å²) in [6, 6.07) is 14.8. The topological polar surface area (TPSA) is 49.3 Å². The first-order valence-corrected chi connectivity index (χ1v) is 9.99. The summed E-state index contributed by atoms with van der Waals surface area (Å²) in [6.45, 7) is 6.72. The lowest BCUT2D eigenvalue weighted by molar-refractivity contribution is 0.792. The third-order valence-corrected chi connectivity index (χ3v) is 4.65. The maximum absolute atomic E-state index is 4.64. The summed E-state index contributed by atoms with van der Waals surface area (Å²) in [7, 11) is 0. The third-order valence-electron chi connectivity index (χ3n) is 3.64. The summed E-state index contributed by atoms with van der Waals surface area (Å²) in [5, 5.41) is 6.67. The van der Waals surface area contributed by atoms with E-state index in [0.29, 0.717) is 0 Å². The zero-order chi connectivity index (χ0) is 17.7. The van der Waals surface area contributed by atoms with Crippen LogP contribution >= 0.6 is 11.8 Å². The zero-order valence-corrected chi connectivity index (χ0v) is 16.0. The second-order valence-electron chi connectivity index (χ2n) is 5.80. The molecule has 25 heavy (non-hydrogen) atoms. The van der Waals surface area contributed by atoms with Crippen molar-refractivity contribution in [3.8, 4) is 0 Å². The molecule has 0 saturated heterocycles. The number of aromatic nitrogens is 1. The highest BCUT2D eigenvalue weighted by Gasteiger charge is 1.99. The van der Waals surface area contributed by atoms with E-state index >= 15 is 0 Å². The second-order valence-corrected chi connectivity index (χ2v) is 6.90. The van der Waals surface area contributed by atoms with E-state index in [2.05, 4.69) is 58.7 Å². The molecule has 0 radical (unpaired) electrons. The number of rotatable bonds is 9. The summed E-state index contributed by atoms with van der Waals surface area (Å²) in [5.41, 5.74) is 3.78. The minimum absolute atomic E-state index is 0.815. The summed E-state index contributed by atoms with van der Waals surface area (Å²) in [6.07, 6.45) is 2.73. The minimum Gasteiger partial charge on any atom is -0.357 e. The number of nitrogens with zero attached hydrogens (tertiary/aromatic N) is 2. The lowest BCUT2D eigenvalue weighted by atomic mass is 10.2. The number of hydrogen-bond acceptors (Lipinski definition) is 3. The predicted molar refractivity (Wildman–Crippen MR) is 109 cm³/mol. The number of hydrogen-bond donors (Lipinski definition) is 2. The maximum atomic E-state index is 4.64. The average molecular weight is 357 g/mol. The van der Waals surface area contributed by atoms with Gasteiger partial charge in [0.2, 0.25) is 0 Å². The Morgan fingerprint density at radius 3 is 2.68 bits per heavy atom. The van der Waals surface area contributed by atoms with Crippen LogP contribution in [-0.2, 0) is 12.2 Å². The van der Waals surface area contributed by atoms with Gasteiger partial charge in [0.05, 0.1) is 6.54 Å². The molecule has 134 valence electrons. The molecule has 2 rings (SSSR count). The zero-order valence-electron chi connectivity index (χ0n) is 15.2. The van der Waals surface area contributed by atoms with Crippen LogP contribution in [0.15, 0.2) is 53.7 Å². The van der Waals surface area contributed by atoms with Gasteiger partial charge in [-0.25, -0.2) is 0 Å². The van der Waals surface area contributed by atoms with E-state index in [-0.39, 0.29) is 0 Å². The average Bonchev–Trinajstić information content (AvgIpc) is 2.64. The first-order valence-electron chi connectivity index (χ1n) is 8.83.